The maximum absolute atomic E-state index is 12.5. The Balaban J connectivity index is 1.49. The van der Waals surface area contributed by atoms with E-state index in [4.69, 9.17) is 4.74 Å². The van der Waals surface area contributed by atoms with Crippen molar-refractivity contribution in [1.29, 1.82) is 0 Å². The van der Waals surface area contributed by atoms with Crippen LogP contribution in [0.15, 0.2) is 42.0 Å². The van der Waals surface area contributed by atoms with Crippen molar-refractivity contribution in [2.24, 2.45) is 0 Å². The van der Waals surface area contributed by atoms with Crippen LogP contribution in [-0.4, -0.2) is 37.8 Å². The van der Waals surface area contributed by atoms with Crippen LogP contribution in [0.3, 0.4) is 0 Å². The largest absolute Gasteiger partial charge is 0.497 e. The SMILES string of the molecule is COc1cccc(-c2cc(C(=O)N[C@@H](C)c3cn4ncsc4n3)[nH]n2)c1. The molecule has 0 saturated carbocycles. The lowest BCUT2D eigenvalue weighted by Gasteiger charge is -2.09. The zero-order chi connectivity index (χ0) is 18.1. The molecule has 132 valence electrons. The number of aromatic nitrogens is 5. The molecule has 4 rings (SSSR count). The average Bonchev–Trinajstić information content (AvgIpc) is 3.37. The van der Waals surface area contributed by atoms with E-state index in [0.717, 1.165) is 22.0 Å². The molecule has 1 aromatic carbocycles. The third-order valence-corrected chi connectivity index (χ3v) is 4.67. The van der Waals surface area contributed by atoms with Gasteiger partial charge in [-0.25, -0.2) is 9.50 Å². The third kappa shape index (κ3) is 3.04. The molecule has 3 heterocycles. The second-order valence-corrected chi connectivity index (χ2v) is 6.54. The Bertz CT molecular complexity index is 1040. The predicted octanol–water partition coefficient (Wildman–Crippen LogP) is 2.68. The average molecular weight is 368 g/mol. The van der Waals surface area contributed by atoms with E-state index in [9.17, 15) is 4.79 Å². The molecular weight excluding hydrogens is 352 g/mol. The van der Waals surface area contributed by atoms with Crippen molar-refractivity contribution < 1.29 is 9.53 Å². The fourth-order valence-corrected chi connectivity index (χ4v) is 3.19. The van der Waals surface area contributed by atoms with Gasteiger partial charge in [0.1, 0.15) is 17.0 Å². The topological polar surface area (TPSA) is 97.2 Å². The van der Waals surface area contributed by atoms with Crippen molar-refractivity contribution >= 4 is 22.2 Å². The van der Waals surface area contributed by atoms with Crippen molar-refractivity contribution in [3.05, 3.63) is 53.4 Å². The highest BCUT2D eigenvalue weighted by molar-refractivity contribution is 7.14. The highest BCUT2D eigenvalue weighted by atomic mass is 32.1. The number of nitrogens with one attached hydrogen (secondary N) is 2. The minimum Gasteiger partial charge on any atom is -0.497 e. The van der Waals surface area contributed by atoms with E-state index in [0.29, 0.717) is 11.4 Å². The van der Waals surface area contributed by atoms with E-state index in [1.165, 1.54) is 11.3 Å². The van der Waals surface area contributed by atoms with E-state index in [1.807, 2.05) is 37.4 Å². The molecule has 3 aromatic heterocycles. The summed E-state index contributed by atoms with van der Waals surface area (Å²) < 4.78 is 6.91. The number of fused-ring (bicyclic) bond motifs is 1. The number of benzene rings is 1. The number of methoxy groups -OCH3 is 1. The predicted molar refractivity (Wildman–Crippen MR) is 97.3 cm³/mol. The van der Waals surface area contributed by atoms with Gasteiger partial charge in [-0.1, -0.05) is 23.5 Å². The van der Waals surface area contributed by atoms with Gasteiger partial charge >= 0.3 is 0 Å². The van der Waals surface area contributed by atoms with Gasteiger partial charge in [0.2, 0.25) is 4.96 Å². The van der Waals surface area contributed by atoms with Gasteiger partial charge in [0.05, 0.1) is 30.7 Å². The fraction of sp³-hybridized carbons (Fsp3) is 0.176. The number of carbonyl (C=O) groups is 1. The number of amides is 1. The number of ether oxygens (including phenoxy) is 1. The Hall–Kier alpha value is -3.20. The summed E-state index contributed by atoms with van der Waals surface area (Å²) in [5.74, 6) is 0.488. The molecule has 0 spiro atoms. The quantitative estimate of drug-likeness (QED) is 0.564. The van der Waals surface area contributed by atoms with Crippen LogP contribution in [-0.2, 0) is 0 Å². The van der Waals surface area contributed by atoms with Crippen LogP contribution in [0.2, 0.25) is 0 Å². The van der Waals surface area contributed by atoms with Crippen molar-refractivity contribution in [2.75, 3.05) is 7.11 Å². The Labute approximate surface area is 152 Å². The van der Waals surface area contributed by atoms with Crippen LogP contribution < -0.4 is 10.1 Å². The summed E-state index contributed by atoms with van der Waals surface area (Å²) >= 11 is 1.45. The number of hydrogen-bond donors (Lipinski definition) is 2. The highest BCUT2D eigenvalue weighted by Crippen LogP contribution is 2.23. The lowest BCUT2D eigenvalue weighted by Crippen LogP contribution is -2.27. The molecule has 0 bridgehead atoms. The Kier molecular flexibility index (Phi) is 4.13. The number of rotatable bonds is 5. The summed E-state index contributed by atoms with van der Waals surface area (Å²) in [6.45, 7) is 1.88. The Morgan fingerprint density at radius 3 is 3.08 bits per heavy atom. The summed E-state index contributed by atoms with van der Waals surface area (Å²) in [6.07, 6.45) is 1.81. The molecule has 1 amide bonds. The van der Waals surface area contributed by atoms with Crippen LogP contribution in [0.25, 0.3) is 16.2 Å². The van der Waals surface area contributed by atoms with Crippen molar-refractivity contribution in [1.82, 2.24) is 30.1 Å². The molecule has 9 heteroatoms. The zero-order valence-corrected chi connectivity index (χ0v) is 14.9. The van der Waals surface area contributed by atoms with Gasteiger partial charge in [0, 0.05) is 5.56 Å². The molecule has 0 radical (unpaired) electrons. The summed E-state index contributed by atoms with van der Waals surface area (Å²) in [6, 6.07) is 8.97. The van der Waals surface area contributed by atoms with E-state index in [-0.39, 0.29) is 11.9 Å². The van der Waals surface area contributed by atoms with E-state index in [1.54, 1.807) is 23.2 Å². The Morgan fingerprint density at radius 2 is 2.27 bits per heavy atom. The lowest BCUT2D eigenvalue weighted by molar-refractivity contribution is 0.0934. The van der Waals surface area contributed by atoms with Gasteiger partial charge in [-0.3, -0.25) is 9.89 Å². The maximum atomic E-state index is 12.5. The van der Waals surface area contributed by atoms with Crippen LogP contribution in [0, 0.1) is 0 Å². The van der Waals surface area contributed by atoms with Gasteiger partial charge < -0.3 is 10.1 Å². The second kappa shape index (κ2) is 6.60. The molecule has 4 aromatic rings. The lowest BCUT2D eigenvalue weighted by atomic mass is 10.1. The molecule has 2 N–H and O–H groups in total. The minimum absolute atomic E-state index is 0.247. The molecule has 8 nitrogen and oxygen atoms in total. The Morgan fingerprint density at radius 1 is 1.38 bits per heavy atom. The maximum Gasteiger partial charge on any atom is 0.269 e. The standard InChI is InChI=1S/C17H16N6O2S/c1-10(15-8-23-17(20-15)26-9-18-23)19-16(24)14-7-13(21-22-14)11-4-3-5-12(6-11)25-2/h3-10H,1-2H3,(H,19,24)(H,21,22)/t10-/m0/s1. The second-order valence-electron chi connectivity index (χ2n) is 5.73. The van der Waals surface area contributed by atoms with Crippen molar-refractivity contribution in [2.45, 2.75) is 13.0 Å². The molecule has 0 aliphatic carbocycles. The molecule has 0 saturated heterocycles. The summed E-state index contributed by atoms with van der Waals surface area (Å²) in [4.78, 5) is 17.7. The van der Waals surface area contributed by atoms with Crippen LogP contribution in [0.1, 0.15) is 29.1 Å². The first-order valence-electron chi connectivity index (χ1n) is 7.93. The molecule has 26 heavy (non-hydrogen) atoms. The number of aromatic amines is 1. The van der Waals surface area contributed by atoms with E-state index < -0.39 is 0 Å². The number of hydrogen-bond acceptors (Lipinski definition) is 6. The number of imidazole rings is 1. The molecule has 0 fully saturated rings. The third-order valence-electron chi connectivity index (χ3n) is 3.98. The first-order valence-corrected chi connectivity index (χ1v) is 8.81. The van der Waals surface area contributed by atoms with Gasteiger partial charge in [-0.15, -0.1) is 0 Å². The van der Waals surface area contributed by atoms with Crippen LogP contribution >= 0.6 is 11.3 Å². The minimum atomic E-state index is -0.250. The smallest absolute Gasteiger partial charge is 0.269 e. The van der Waals surface area contributed by atoms with Gasteiger partial charge in [-0.2, -0.15) is 10.2 Å². The van der Waals surface area contributed by atoms with Gasteiger partial charge in [0.15, 0.2) is 0 Å². The normalized spacial score (nSPS) is 12.2. The molecule has 0 aliphatic rings. The summed E-state index contributed by atoms with van der Waals surface area (Å²) in [5, 5.41) is 14.1. The first kappa shape index (κ1) is 16.3. The molecule has 0 aliphatic heterocycles. The first-order chi connectivity index (χ1) is 12.6. The van der Waals surface area contributed by atoms with Crippen molar-refractivity contribution in [3.63, 3.8) is 0 Å². The van der Waals surface area contributed by atoms with Gasteiger partial charge in [-0.05, 0) is 25.1 Å². The zero-order valence-electron chi connectivity index (χ0n) is 14.1. The number of nitrogens with zero attached hydrogens (tertiary/aromatic N) is 4. The summed E-state index contributed by atoms with van der Waals surface area (Å²) in [7, 11) is 1.61. The molecular formula is C17H16N6O2S. The van der Waals surface area contributed by atoms with Gasteiger partial charge in [0.25, 0.3) is 5.91 Å². The van der Waals surface area contributed by atoms with E-state index >= 15 is 0 Å². The van der Waals surface area contributed by atoms with Crippen molar-refractivity contribution in [3.8, 4) is 17.0 Å². The van der Waals surface area contributed by atoms with E-state index in [2.05, 4.69) is 25.6 Å². The fourth-order valence-electron chi connectivity index (χ4n) is 2.58. The molecule has 1 atom stereocenters. The van der Waals surface area contributed by atoms with Crippen LogP contribution in [0.4, 0.5) is 0 Å². The highest BCUT2D eigenvalue weighted by Gasteiger charge is 2.17. The monoisotopic (exact) mass is 368 g/mol. The van der Waals surface area contributed by atoms with Crippen LogP contribution in [0.5, 0.6) is 5.75 Å². The molecule has 0 unspecified atom stereocenters. The summed E-state index contributed by atoms with van der Waals surface area (Å²) in [5.41, 5.74) is 4.40. The number of H-pyrrole nitrogens is 1. The number of carbonyl (C=O) groups excluding carboxylic acids is 1.